The van der Waals surface area contributed by atoms with Gasteiger partial charge < -0.3 is 20.1 Å². The van der Waals surface area contributed by atoms with Crippen LogP contribution in [-0.4, -0.2) is 56.7 Å². The summed E-state index contributed by atoms with van der Waals surface area (Å²) in [4.78, 5) is 7.43. The minimum atomic E-state index is -1.28. The van der Waals surface area contributed by atoms with Crippen molar-refractivity contribution in [2.24, 2.45) is 5.11 Å². The average molecular weight is 456 g/mol. The third kappa shape index (κ3) is 3.92. The van der Waals surface area contributed by atoms with Crippen molar-refractivity contribution in [2.75, 3.05) is 6.61 Å². The lowest BCUT2D eigenvalue weighted by atomic mass is 9.98. The Morgan fingerprint density at radius 3 is 2.77 bits per heavy atom. The fraction of sp³-hybridized carbons (Fsp3) is 0.545. The number of thioether (sulfide) groups is 1. The molecule has 2 unspecified atom stereocenters. The molecule has 11 heteroatoms. The van der Waals surface area contributed by atoms with Gasteiger partial charge in [-0.15, -0.1) is 0 Å². The number of hydrogen-bond donors (Lipinski definition) is 3. The molecule has 8 nitrogen and oxygen atoms in total. The van der Waals surface area contributed by atoms with Crippen LogP contribution in [-0.2, 0) is 4.74 Å². The number of nitrogens with zero attached hydrogens (tertiary/aromatic N) is 4. The minimum absolute atomic E-state index is 0.458. The van der Waals surface area contributed by atoms with Gasteiger partial charge in [-0.25, -0.2) is 4.98 Å². The van der Waals surface area contributed by atoms with E-state index in [0.717, 1.165) is 16.2 Å². The zero-order chi connectivity index (χ0) is 16.3. The first-order valence-corrected chi connectivity index (χ1v) is 8.59. The van der Waals surface area contributed by atoms with Gasteiger partial charge in [-0.05, 0) is 43.5 Å². The van der Waals surface area contributed by atoms with Crippen molar-refractivity contribution in [2.45, 2.75) is 34.7 Å². The molecule has 22 heavy (non-hydrogen) atoms. The van der Waals surface area contributed by atoms with E-state index >= 15 is 0 Å². The normalized spacial score (nSPS) is 31.6. The number of aromatic nitrogens is 1. The van der Waals surface area contributed by atoms with E-state index < -0.39 is 36.4 Å². The first-order valence-electron chi connectivity index (χ1n) is 6.12. The number of halogens is 2. The Morgan fingerprint density at radius 1 is 1.41 bits per heavy atom. The second-order valence-electron chi connectivity index (χ2n) is 4.46. The van der Waals surface area contributed by atoms with Crippen molar-refractivity contribution >= 4 is 43.6 Å². The second kappa shape index (κ2) is 7.93. The molecule has 1 fully saturated rings. The maximum absolute atomic E-state index is 10.3. The molecule has 5 atom stereocenters. The first-order chi connectivity index (χ1) is 10.5. The van der Waals surface area contributed by atoms with Crippen LogP contribution in [0, 0.1) is 0 Å². The summed E-state index contributed by atoms with van der Waals surface area (Å²) in [5.41, 5.74) is 7.74. The second-order valence-corrected chi connectivity index (χ2v) is 7.27. The average Bonchev–Trinajstić information content (AvgIpc) is 2.50. The molecule has 0 bridgehead atoms. The Labute approximate surface area is 146 Å². The van der Waals surface area contributed by atoms with Crippen LogP contribution in [0.2, 0.25) is 0 Å². The molecule has 1 aliphatic rings. The van der Waals surface area contributed by atoms with Crippen LogP contribution in [0.1, 0.15) is 0 Å². The highest BCUT2D eigenvalue weighted by molar-refractivity contribution is 9.11. The Morgan fingerprint density at radius 2 is 2.14 bits per heavy atom. The van der Waals surface area contributed by atoms with Gasteiger partial charge in [-0.2, -0.15) is 0 Å². The predicted molar refractivity (Wildman–Crippen MR) is 86.2 cm³/mol. The summed E-state index contributed by atoms with van der Waals surface area (Å²) in [5, 5.41) is 32.9. The largest absolute Gasteiger partial charge is 0.394 e. The van der Waals surface area contributed by atoms with Gasteiger partial charge in [0.25, 0.3) is 0 Å². The molecule has 1 saturated heterocycles. The minimum Gasteiger partial charge on any atom is -0.394 e. The van der Waals surface area contributed by atoms with E-state index in [1.165, 1.54) is 0 Å². The highest BCUT2D eigenvalue weighted by Crippen LogP contribution is 2.37. The van der Waals surface area contributed by atoms with Crippen LogP contribution in [0.25, 0.3) is 10.4 Å². The molecule has 1 aromatic heterocycles. The topological polar surface area (TPSA) is 132 Å². The lowest BCUT2D eigenvalue weighted by molar-refractivity contribution is -0.159. The van der Waals surface area contributed by atoms with E-state index in [2.05, 4.69) is 46.9 Å². The van der Waals surface area contributed by atoms with Gasteiger partial charge in [-0.1, -0.05) is 16.9 Å². The van der Waals surface area contributed by atoms with Gasteiger partial charge in [0.1, 0.15) is 22.2 Å². The van der Waals surface area contributed by atoms with Crippen molar-refractivity contribution in [1.82, 2.24) is 4.98 Å². The van der Waals surface area contributed by atoms with Gasteiger partial charge in [-0.3, -0.25) is 0 Å². The lowest BCUT2D eigenvalue weighted by Gasteiger charge is -2.40. The van der Waals surface area contributed by atoms with Crippen LogP contribution in [0.4, 0.5) is 0 Å². The molecule has 0 spiro atoms. The first kappa shape index (κ1) is 18.0. The SMILES string of the molecule is [N-]=[N+]=NC1[C@@H](O)C(CO)O[C@H](Sc2cc(Br)cnc2Br)[C@H]1O. The van der Waals surface area contributed by atoms with E-state index in [4.69, 9.17) is 10.3 Å². The molecule has 2 rings (SSSR count). The monoisotopic (exact) mass is 454 g/mol. The summed E-state index contributed by atoms with van der Waals surface area (Å²) in [5.74, 6) is 0. The van der Waals surface area contributed by atoms with Gasteiger partial charge in [0.15, 0.2) is 0 Å². The lowest BCUT2D eigenvalue weighted by Crippen LogP contribution is -2.56. The van der Waals surface area contributed by atoms with E-state index in [-0.39, 0.29) is 0 Å². The molecule has 0 saturated carbocycles. The molecule has 1 aromatic rings. The van der Waals surface area contributed by atoms with Crippen molar-refractivity contribution < 1.29 is 20.1 Å². The summed E-state index contributed by atoms with van der Waals surface area (Å²) < 4.78 is 6.80. The molecular formula is C11H12Br2N4O4S. The third-order valence-corrected chi connectivity index (χ3v) is 5.57. The fourth-order valence-electron chi connectivity index (χ4n) is 1.97. The molecule has 3 N–H and O–H groups in total. The summed E-state index contributed by atoms with van der Waals surface area (Å²) >= 11 is 7.74. The number of aliphatic hydroxyl groups is 3. The van der Waals surface area contributed by atoms with Gasteiger partial charge >= 0.3 is 0 Å². The molecule has 1 aliphatic heterocycles. The van der Waals surface area contributed by atoms with Crippen molar-refractivity contribution in [1.29, 1.82) is 0 Å². The summed E-state index contributed by atoms with van der Waals surface area (Å²) in [6.45, 7) is -0.458. The maximum Gasteiger partial charge on any atom is 0.134 e. The van der Waals surface area contributed by atoms with E-state index in [9.17, 15) is 15.3 Å². The standard InChI is InChI=1S/C11H12Br2N4O4S/c12-4-1-6(10(13)15-2-4)22-11-9(20)7(16-17-14)8(19)5(3-18)21-11/h1-2,5,7-9,11,18-20H,3H2/t5?,7?,8-,9-,11+/m0/s1. The zero-order valence-corrected chi connectivity index (χ0v) is 14.9. The Hall–Kier alpha value is -0.390. The Balaban J connectivity index is 2.25. The Bertz CT molecular complexity index is 589. The molecule has 0 amide bonds. The molecular weight excluding hydrogens is 444 g/mol. The van der Waals surface area contributed by atoms with Crippen LogP contribution in [0.3, 0.4) is 0 Å². The zero-order valence-electron chi connectivity index (χ0n) is 11.0. The van der Waals surface area contributed by atoms with Crippen LogP contribution in [0.5, 0.6) is 0 Å². The third-order valence-electron chi connectivity index (χ3n) is 3.05. The molecule has 0 aromatic carbocycles. The number of ether oxygens (including phenoxy) is 1. The molecule has 120 valence electrons. The van der Waals surface area contributed by atoms with Gasteiger partial charge in [0.2, 0.25) is 0 Å². The van der Waals surface area contributed by atoms with Crippen LogP contribution in [0.15, 0.2) is 31.3 Å². The highest BCUT2D eigenvalue weighted by atomic mass is 79.9. The van der Waals surface area contributed by atoms with Crippen molar-refractivity contribution in [3.8, 4) is 0 Å². The number of azide groups is 1. The Kier molecular flexibility index (Phi) is 6.47. The number of hydrogen-bond acceptors (Lipinski definition) is 7. The smallest absolute Gasteiger partial charge is 0.134 e. The van der Waals surface area contributed by atoms with Crippen molar-refractivity contribution in [3.05, 3.63) is 31.8 Å². The summed E-state index contributed by atoms with van der Waals surface area (Å²) in [7, 11) is 0. The predicted octanol–water partition coefficient (Wildman–Crippen LogP) is 1.82. The number of rotatable bonds is 4. The van der Waals surface area contributed by atoms with Crippen molar-refractivity contribution in [3.63, 3.8) is 0 Å². The van der Waals surface area contributed by atoms with Gasteiger partial charge in [0, 0.05) is 20.5 Å². The summed E-state index contributed by atoms with van der Waals surface area (Å²) in [6.07, 6.45) is -1.85. The van der Waals surface area contributed by atoms with E-state index in [0.29, 0.717) is 9.50 Å². The van der Waals surface area contributed by atoms with E-state index in [1.807, 2.05) is 0 Å². The van der Waals surface area contributed by atoms with Crippen LogP contribution >= 0.6 is 43.6 Å². The number of aliphatic hydroxyl groups excluding tert-OH is 3. The maximum atomic E-state index is 10.3. The van der Waals surface area contributed by atoms with Gasteiger partial charge in [0.05, 0.1) is 18.8 Å². The quantitative estimate of drug-likeness (QED) is 0.274. The van der Waals surface area contributed by atoms with Crippen LogP contribution < -0.4 is 0 Å². The molecule has 0 radical (unpaired) electrons. The van der Waals surface area contributed by atoms with E-state index in [1.54, 1.807) is 12.3 Å². The molecule has 0 aliphatic carbocycles. The fourth-order valence-corrected chi connectivity index (χ4v) is 4.05. The number of pyridine rings is 1. The highest BCUT2D eigenvalue weighted by Gasteiger charge is 2.44. The molecule has 2 heterocycles. The summed E-state index contributed by atoms with van der Waals surface area (Å²) in [6, 6.07) is 0.673.